The number of benzene rings is 2. The third-order valence-corrected chi connectivity index (χ3v) is 5.89. The molecule has 2 amide bonds. The number of thioether (sulfide) groups is 1. The number of para-hydroxylation sites is 1. The van der Waals surface area contributed by atoms with Crippen LogP contribution in [0, 0.1) is 0 Å². The van der Waals surface area contributed by atoms with E-state index in [0.29, 0.717) is 11.4 Å². The lowest BCUT2D eigenvalue weighted by Gasteiger charge is -2.38. The number of primary amides is 1. The van der Waals surface area contributed by atoms with E-state index in [0.717, 1.165) is 16.1 Å². The van der Waals surface area contributed by atoms with Crippen LogP contribution in [-0.2, 0) is 9.59 Å². The molecule has 0 aliphatic carbocycles. The first-order chi connectivity index (χ1) is 12.0. The van der Waals surface area contributed by atoms with Gasteiger partial charge in [-0.05, 0) is 37.1 Å². The molecule has 0 unspecified atom stereocenters. The zero-order valence-electron chi connectivity index (χ0n) is 13.8. The summed E-state index contributed by atoms with van der Waals surface area (Å²) in [7, 11) is 0. The van der Waals surface area contributed by atoms with E-state index in [2.05, 4.69) is 0 Å². The summed E-state index contributed by atoms with van der Waals surface area (Å²) in [6.07, 6.45) is 0.537. The third-order valence-electron chi connectivity index (χ3n) is 4.39. The Kier molecular flexibility index (Phi) is 5.35. The number of halogens is 1. The Balaban J connectivity index is 1.83. The standard InChI is InChI=1S/C19H19ClN2O2S/c1-12-10-14(19(21)24)13-6-2-4-8-16(13)22(12)18(23)11-25-17-9-5-3-7-15(17)20/h2-9,12,14H,10-11H2,1H3,(H2,21,24)/t12-,14-/m1/s1. The van der Waals surface area contributed by atoms with Crippen molar-refractivity contribution in [1.29, 1.82) is 0 Å². The van der Waals surface area contributed by atoms with Gasteiger partial charge in [0.15, 0.2) is 0 Å². The quantitative estimate of drug-likeness (QED) is 0.827. The van der Waals surface area contributed by atoms with Crippen molar-refractivity contribution < 1.29 is 9.59 Å². The van der Waals surface area contributed by atoms with Crippen LogP contribution in [0.3, 0.4) is 0 Å². The molecule has 25 heavy (non-hydrogen) atoms. The first-order valence-electron chi connectivity index (χ1n) is 8.06. The molecule has 6 heteroatoms. The van der Waals surface area contributed by atoms with E-state index < -0.39 is 0 Å². The second-order valence-corrected chi connectivity index (χ2v) is 7.51. The normalized spacial score (nSPS) is 19.4. The van der Waals surface area contributed by atoms with Gasteiger partial charge < -0.3 is 10.6 Å². The molecule has 3 rings (SSSR count). The molecule has 0 aromatic heterocycles. The molecular weight excluding hydrogens is 356 g/mol. The molecule has 130 valence electrons. The number of nitrogens with two attached hydrogens (primary N) is 1. The van der Waals surface area contributed by atoms with E-state index >= 15 is 0 Å². The molecule has 2 aromatic carbocycles. The van der Waals surface area contributed by atoms with E-state index in [-0.39, 0.29) is 29.5 Å². The number of carbonyl (C=O) groups is 2. The van der Waals surface area contributed by atoms with Crippen LogP contribution in [0.4, 0.5) is 5.69 Å². The molecule has 2 atom stereocenters. The molecule has 2 N–H and O–H groups in total. The molecule has 0 saturated carbocycles. The lowest BCUT2D eigenvalue weighted by atomic mass is 9.85. The maximum atomic E-state index is 12.9. The SMILES string of the molecule is C[C@@H]1C[C@@H](C(N)=O)c2ccccc2N1C(=O)CSc1ccccc1Cl. The van der Waals surface area contributed by atoms with Gasteiger partial charge in [-0.1, -0.05) is 41.9 Å². The Bertz CT molecular complexity index is 812. The molecular formula is C19H19ClN2O2S. The minimum atomic E-state index is -0.355. The second-order valence-electron chi connectivity index (χ2n) is 6.08. The van der Waals surface area contributed by atoms with Crippen LogP contribution < -0.4 is 10.6 Å². The Hall–Kier alpha value is -1.98. The van der Waals surface area contributed by atoms with Crippen molar-refractivity contribution in [2.45, 2.75) is 30.2 Å². The Morgan fingerprint density at radius 1 is 1.20 bits per heavy atom. The van der Waals surface area contributed by atoms with Crippen molar-refractivity contribution in [1.82, 2.24) is 0 Å². The highest BCUT2D eigenvalue weighted by atomic mass is 35.5. The molecule has 2 aromatic rings. The Labute approximate surface area is 156 Å². The summed E-state index contributed by atoms with van der Waals surface area (Å²) in [6, 6.07) is 14.9. The fourth-order valence-electron chi connectivity index (χ4n) is 3.23. The fourth-order valence-corrected chi connectivity index (χ4v) is 4.33. The molecule has 0 spiro atoms. The lowest BCUT2D eigenvalue weighted by molar-refractivity contribution is -0.121. The van der Waals surface area contributed by atoms with E-state index in [1.807, 2.05) is 55.5 Å². The molecule has 0 bridgehead atoms. The van der Waals surface area contributed by atoms with Gasteiger partial charge in [0, 0.05) is 16.6 Å². The summed E-state index contributed by atoms with van der Waals surface area (Å²) in [5.74, 6) is -0.431. The highest BCUT2D eigenvalue weighted by molar-refractivity contribution is 8.00. The Morgan fingerprint density at radius 2 is 1.88 bits per heavy atom. The maximum absolute atomic E-state index is 12.9. The van der Waals surface area contributed by atoms with Gasteiger partial charge in [0.1, 0.15) is 0 Å². The molecule has 0 saturated heterocycles. The summed E-state index contributed by atoms with van der Waals surface area (Å²) in [4.78, 5) is 27.3. The molecule has 0 fully saturated rings. The number of hydrogen-bond acceptors (Lipinski definition) is 3. The van der Waals surface area contributed by atoms with Crippen LogP contribution in [0.15, 0.2) is 53.4 Å². The predicted octanol–water partition coefficient (Wildman–Crippen LogP) is 3.83. The van der Waals surface area contributed by atoms with Gasteiger partial charge in [0.25, 0.3) is 0 Å². The van der Waals surface area contributed by atoms with Crippen molar-refractivity contribution in [2.75, 3.05) is 10.7 Å². The Morgan fingerprint density at radius 3 is 2.60 bits per heavy atom. The van der Waals surface area contributed by atoms with Gasteiger partial charge in [-0.15, -0.1) is 11.8 Å². The van der Waals surface area contributed by atoms with E-state index in [1.54, 1.807) is 4.90 Å². The molecule has 1 heterocycles. The molecule has 4 nitrogen and oxygen atoms in total. The van der Waals surface area contributed by atoms with Crippen molar-refractivity contribution >= 4 is 40.9 Å². The van der Waals surface area contributed by atoms with Crippen molar-refractivity contribution in [2.24, 2.45) is 5.73 Å². The maximum Gasteiger partial charge on any atom is 0.237 e. The average Bonchev–Trinajstić information content (AvgIpc) is 2.60. The second kappa shape index (κ2) is 7.50. The van der Waals surface area contributed by atoms with Crippen molar-refractivity contribution in [3.8, 4) is 0 Å². The summed E-state index contributed by atoms with van der Waals surface area (Å²) in [5.41, 5.74) is 7.15. The van der Waals surface area contributed by atoms with Crippen LogP contribution in [-0.4, -0.2) is 23.6 Å². The smallest absolute Gasteiger partial charge is 0.237 e. The number of carbonyl (C=O) groups excluding carboxylic acids is 2. The van der Waals surface area contributed by atoms with Gasteiger partial charge in [0.05, 0.1) is 16.7 Å². The number of hydrogen-bond donors (Lipinski definition) is 1. The van der Waals surface area contributed by atoms with Gasteiger partial charge in [-0.25, -0.2) is 0 Å². The van der Waals surface area contributed by atoms with E-state index in [1.165, 1.54) is 11.8 Å². The highest BCUT2D eigenvalue weighted by Crippen LogP contribution is 2.39. The van der Waals surface area contributed by atoms with Crippen LogP contribution in [0.25, 0.3) is 0 Å². The first kappa shape index (κ1) is 17.8. The van der Waals surface area contributed by atoms with E-state index in [4.69, 9.17) is 17.3 Å². The van der Waals surface area contributed by atoms with E-state index in [9.17, 15) is 9.59 Å². The van der Waals surface area contributed by atoms with Crippen LogP contribution in [0.1, 0.15) is 24.8 Å². The van der Waals surface area contributed by atoms with Gasteiger partial charge in [-0.2, -0.15) is 0 Å². The van der Waals surface area contributed by atoms with Gasteiger partial charge >= 0.3 is 0 Å². The molecule has 1 aliphatic rings. The zero-order chi connectivity index (χ0) is 18.0. The zero-order valence-corrected chi connectivity index (χ0v) is 15.4. The van der Waals surface area contributed by atoms with Crippen molar-refractivity contribution in [3.63, 3.8) is 0 Å². The number of rotatable bonds is 4. The van der Waals surface area contributed by atoms with Crippen LogP contribution in [0.2, 0.25) is 5.02 Å². The largest absolute Gasteiger partial charge is 0.369 e. The first-order valence-corrected chi connectivity index (χ1v) is 9.43. The summed E-state index contributed by atoms with van der Waals surface area (Å²) in [5, 5.41) is 0.640. The average molecular weight is 375 g/mol. The fraction of sp³-hybridized carbons (Fsp3) is 0.263. The summed E-state index contributed by atoms with van der Waals surface area (Å²) < 4.78 is 0. The predicted molar refractivity (Wildman–Crippen MR) is 102 cm³/mol. The molecule has 1 aliphatic heterocycles. The topological polar surface area (TPSA) is 63.4 Å². The molecule has 0 radical (unpaired) electrons. The van der Waals surface area contributed by atoms with Crippen LogP contribution >= 0.6 is 23.4 Å². The van der Waals surface area contributed by atoms with Gasteiger partial charge in [-0.3, -0.25) is 9.59 Å². The summed E-state index contributed by atoms with van der Waals surface area (Å²) >= 11 is 7.58. The van der Waals surface area contributed by atoms with Crippen molar-refractivity contribution in [3.05, 3.63) is 59.1 Å². The number of fused-ring (bicyclic) bond motifs is 1. The van der Waals surface area contributed by atoms with Crippen LogP contribution in [0.5, 0.6) is 0 Å². The minimum absolute atomic E-state index is 0.00668. The highest BCUT2D eigenvalue weighted by Gasteiger charge is 2.35. The lowest BCUT2D eigenvalue weighted by Crippen LogP contribution is -2.46. The number of nitrogens with zero attached hydrogens (tertiary/aromatic N) is 1. The van der Waals surface area contributed by atoms with Gasteiger partial charge in [0.2, 0.25) is 11.8 Å². The number of amides is 2. The number of anilines is 1. The third kappa shape index (κ3) is 3.67. The monoisotopic (exact) mass is 374 g/mol. The minimum Gasteiger partial charge on any atom is -0.369 e. The summed E-state index contributed by atoms with van der Waals surface area (Å²) in [6.45, 7) is 1.95.